The van der Waals surface area contributed by atoms with E-state index in [1.54, 1.807) is 25.1 Å². The molecule has 1 aromatic heterocycles. The van der Waals surface area contributed by atoms with Crippen molar-refractivity contribution in [2.75, 3.05) is 0 Å². The van der Waals surface area contributed by atoms with Crippen molar-refractivity contribution in [2.24, 2.45) is 0 Å². The highest BCUT2D eigenvalue weighted by Gasteiger charge is 2.17. The molecule has 1 atom stereocenters. The van der Waals surface area contributed by atoms with Gasteiger partial charge in [-0.05, 0) is 35.4 Å². The second-order valence-electron chi connectivity index (χ2n) is 6.02. The smallest absolute Gasteiger partial charge is 0.277 e. The van der Waals surface area contributed by atoms with Crippen LogP contribution in [0.25, 0.3) is 10.8 Å². The first-order valence-corrected chi connectivity index (χ1v) is 9.53. The van der Waals surface area contributed by atoms with Gasteiger partial charge in [0.25, 0.3) is 11.1 Å². The largest absolute Gasteiger partial charge is 0.478 e. The van der Waals surface area contributed by atoms with Crippen LogP contribution in [0.5, 0.6) is 5.75 Å². The van der Waals surface area contributed by atoms with E-state index in [2.05, 4.69) is 34.5 Å². The van der Waals surface area contributed by atoms with E-state index in [1.165, 1.54) is 34.2 Å². The number of fused-ring (bicyclic) bond motifs is 1. The third-order valence-corrected chi connectivity index (χ3v) is 5.01. The maximum Gasteiger partial charge on any atom is 0.277 e. The summed E-state index contributed by atoms with van der Waals surface area (Å²) in [5.41, 5.74) is 1.20. The molecule has 1 heterocycles. The Balaban J connectivity index is 1.44. The van der Waals surface area contributed by atoms with Crippen molar-refractivity contribution in [3.8, 4) is 5.75 Å². The Labute approximate surface area is 160 Å². The van der Waals surface area contributed by atoms with Crippen LogP contribution in [0.2, 0.25) is 0 Å². The monoisotopic (exact) mass is 380 g/mol. The van der Waals surface area contributed by atoms with Crippen LogP contribution in [-0.4, -0.2) is 10.2 Å². The normalized spacial score (nSPS) is 12.2. The lowest BCUT2D eigenvalue weighted by Gasteiger charge is -2.11. The summed E-state index contributed by atoms with van der Waals surface area (Å²) in [6, 6.07) is 20.7. The molecule has 0 radical (unpaired) electrons. The van der Waals surface area contributed by atoms with E-state index in [4.69, 9.17) is 9.15 Å². The molecule has 4 aromatic rings. The van der Waals surface area contributed by atoms with Crippen LogP contribution in [0.15, 0.2) is 76.4 Å². The summed E-state index contributed by atoms with van der Waals surface area (Å²) in [7, 11) is 0. The van der Waals surface area contributed by atoms with Crippen LogP contribution in [0.1, 0.15) is 24.5 Å². The van der Waals surface area contributed by atoms with Crippen molar-refractivity contribution in [3.63, 3.8) is 0 Å². The molecule has 0 saturated carbocycles. The zero-order valence-electron chi connectivity index (χ0n) is 14.6. The fourth-order valence-corrected chi connectivity index (χ4v) is 3.56. The third kappa shape index (κ3) is 3.95. The van der Waals surface area contributed by atoms with Gasteiger partial charge in [0.2, 0.25) is 0 Å². The second kappa shape index (κ2) is 7.80. The maximum absolute atomic E-state index is 13.7. The molecule has 0 aliphatic heterocycles. The Hall–Kier alpha value is -2.86. The van der Waals surface area contributed by atoms with Crippen molar-refractivity contribution < 1.29 is 13.5 Å². The van der Waals surface area contributed by atoms with Gasteiger partial charge in [0.05, 0.1) is 0 Å². The lowest BCUT2D eigenvalue weighted by atomic mass is 10.1. The van der Waals surface area contributed by atoms with Gasteiger partial charge < -0.3 is 9.15 Å². The topological polar surface area (TPSA) is 48.2 Å². The molecule has 0 N–H and O–H groups in total. The fourth-order valence-electron chi connectivity index (χ4n) is 2.78. The summed E-state index contributed by atoms with van der Waals surface area (Å²) in [6.45, 7) is 1.75. The Kier molecular flexibility index (Phi) is 5.07. The molecule has 0 fully saturated rings. The predicted molar refractivity (Wildman–Crippen MR) is 103 cm³/mol. The molecule has 0 bridgehead atoms. The van der Waals surface area contributed by atoms with E-state index in [0.29, 0.717) is 16.9 Å². The highest BCUT2D eigenvalue weighted by Crippen LogP contribution is 2.29. The van der Waals surface area contributed by atoms with E-state index < -0.39 is 11.9 Å². The molecule has 0 saturated heterocycles. The van der Waals surface area contributed by atoms with Crippen molar-refractivity contribution in [1.82, 2.24) is 10.2 Å². The van der Waals surface area contributed by atoms with Crippen LogP contribution in [-0.2, 0) is 5.75 Å². The van der Waals surface area contributed by atoms with Gasteiger partial charge in [-0.25, -0.2) is 4.39 Å². The number of rotatable bonds is 6. The zero-order chi connectivity index (χ0) is 18.6. The van der Waals surface area contributed by atoms with Gasteiger partial charge in [-0.15, -0.1) is 10.2 Å². The van der Waals surface area contributed by atoms with Crippen LogP contribution in [0.3, 0.4) is 0 Å². The average Bonchev–Trinajstić information content (AvgIpc) is 3.17. The van der Waals surface area contributed by atoms with Gasteiger partial charge in [0.1, 0.15) is 0 Å². The van der Waals surface area contributed by atoms with Gasteiger partial charge in [-0.3, -0.25) is 0 Å². The van der Waals surface area contributed by atoms with E-state index in [0.717, 1.165) is 0 Å². The zero-order valence-corrected chi connectivity index (χ0v) is 15.4. The van der Waals surface area contributed by atoms with Crippen LogP contribution < -0.4 is 4.74 Å². The molecule has 0 aliphatic carbocycles. The minimum absolute atomic E-state index is 0.160. The van der Waals surface area contributed by atoms with Crippen LogP contribution in [0.4, 0.5) is 4.39 Å². The van der Waals surface area contributed by atoms with Gasteiger partial charge in [-0.2, -0.15) is 0 Å². The molecule has 0 aliphatic rings. The number of para-hydroxylation sites is 1. The number of hydrogen-bond acceptors (Lipinski definition) is 5. The molecule has 3 aromatic carbocycles. The molecule has 0 amide bonds. The molecule has 4 rings (SSSR count). The highest BCUT2D eigenvalue weighted by atomic mass is 32.2. The number of thioether (sulfide) groups is 1. The number of benzene rings is 3. The second-order valence-corrected chi connectivity index (χ2v) is 6.95. The average molecular weight is 380 g/mol. The molecular weight excluding hydrogens is 363 g/mol. The predicted octanol–water partition coefficient (Wildman–Crippen LogP) is 5.79. The van der Waals surface area contributed by atoms with E-state index in [-0.39, 0.29) is 5.75 Å². The number of nitrogens with zero attached hydrogens (tertiary/aromatic N) is 2. The molecule has 27 heavy (non-hydrogen) atoms. The van der Waals surface area contributed by atoms with Crippen molar-refractivity contribution in [2.45, 2.75) is 24.0 Å². The molecule has 136 valence electrons. The standard InChI is InChI=1S/C21H17FN2O2S/c1-14(25-19-12-5-4-11-18(19)22)20-23-24-21(26-20)27-13-16-9-6-8-15-7-2-3-10-17(15)16/h2-12,14H,13H2,1H3/t14-/m1/s1. The first-order valence-electron chi connectivity index (χ1n) is 8.55. The van der Waals surface area contributed by atoms with Crippen molar-refractivity contribution in [3.05, 3.63) is 84.0 Å². The molecule has 6 heteroatoms. The Morgan fingerprint density at radius 2 is 1.78 bits per heavy atom. The first kappa shape index (κ1) is 17.5. The van der Waals surface area contributed by atoms with E-state index in [9.17, 15) is 4.39 Å². The van der Waals surface area contributed by atoms with E-state index >= 15 is 0 Å². The molecule has 0 unspecified atom stereocenters. The minimum atomic E-state index is -0.540. The first-order chi connectivity index (χ1) is 13.2. The lowest BCUT2D eigenvalue weighted by Crippen LogP contribution is -2.04. The number of halogens is 1. The summed E-state index contributed by atoms with van der Waals surface area (Å²) < 4.78 is 25.0. The fraction of sp³-hybridized carbons (Fsp3) is 0.143. The summed E-state index contributed by atoms with van der Waals surface area (Å²) in [4.78, 5) is 0. The van der Waals surface area contributed by atoms with Crippen LogP contribution in [0, 0.1) is 5.82 Å². The maximum atomic E-state index is 13.7. The number of hydrogen-bond donors (Lipinski definition) is 0. The van der Waals surface area contributed by atoms with E-state index in [1.807, 2.05) is 18.2 Å². The summed E-state index contributed by atoms with van der Waals surface area (Å²) in [5.74, 6) is 0.771. The lowest BCUT2D eigenvalue weighted by molar-refractivity contribution is 0.174. The quantitative estimate of drug-likeness (QED) is 0.396. The van der Waals surface area contributed by atoms with Gasteiger partial charge in [-0.1, -0.05) is 66.4 Å². The van der Waals surface area contributed by atoms with Crippen LogP contribution >= 0.6 is 11.8 Å². The molecule has 0 spiro atoms. The highest BCUT2D eigenvalue weighted by molar-refractivity contribution is 7.98. The van der Waals surface area contributed by atoms with Gasteiger partial charge in [0, 0.05) is 5.75 Å². The summed E-state index contributed by atoms with van der Waals surface area (Å²) >= 11 is 1.47. The van der Waals surface area contributed by atoms with Gasteiger partial charge in [0.15, 0.2) is 17.7 Å². The minimum Gasteiger partial charge on any atom is -0.478 e. The Bertz CT molecular complexity index is 1060. The number of aromatic nitrogens is 2. The molecule has 4 nitrogen and oxygen atoms in total. The third-order valence-electron chi connectivity index (χ3n) is 4.14. The Morgan fingerprint density at radius 3 is 2.67 bits per heavy atom. The molecular formula is C21H17FN2O2S. The summed E-state index contributed by atoms with van der Waals surface area (Å²) in [6.07, 6.45) is -0.540. The number of ether oxygens (including phenoxy) is 1. The summed E-state index contributed by atoms with van der Waals surface area (Å²) in [5, 5.41) is 11.0. The van der Waals surface area contributed by atoms with Crippen molar-refractivity contribution in [1.29, 1.82) is 0 Å². The Morgan fingerprint density at radius 1 is 1.00 bits per heavy atom. The van der Waals surface area contributed by atoms with Gasteiger partial charge >= 0.3 is 0 Å². The SMILES string of the molecule is C[C@@H](Oc1ccccc1F)c1nnc(SCc2cccc3ccccc23)o1. The van der Waals surface area contributed by atoms with Crippen molar-refractivity contribution >= 4 is 22.5 Å².